The summed E-state index contributed by atoms with van der Waals surface area (Å²) in [6.07, 6.45) is 7.06. The lowest BCUT2D eigenvalue weighted by Gasteiger charge is -2.35. The fraction of sp³-hybridized carbons (Fsp3) is 0.276. The zero-order valence-corrected chi connectivity index (χ0v) is 18.4. The van der Waals surface area contributed by atoms with Gasteiger partial charge in [-0.1, -0.05) is 103 Å². The van der Waals surface area contributed by atoms with Gasteiger partial charge in [0, 0.05) is 18.5 Å². The fourth-order valence-electron chi connectivity index (χ4n) is 4.93. The van der Waals surface area contributed by atoms with Crippen LogP contribution in [0.4, 0.5) is 0 Å². The number of benzene rings is 3. The molecule has 0 spiro atoms. The molecule has 3 nitrogen and oxygen atoms in total. The Morgan fingerprint density at radius 3 is 1.81 bits per heavy atom. The number of hydrogen-bond donors (Lipinski definition) is 1. The number of aliphatic carboxylic acids is 1. The van der Waals surface area contributed by atoms with Crippen molar-refractivity contribution in [3.8, 4) is 0 Å². The number of rotatable bonds is 8. The molecule has 1 atom stereocenters. The summed E-state index contributed by atoms with van der Waals surface area (Å²) in [6.45, 7) is 2.40. The molecule has 0 aliphatic carbocycles. The molecule has 0 radical (unpaired) electrons. The van der Waals surface area contributed by atoms with Crippen LogP contribution in [0.1, 0.15) is 36.0 Å². The summed E-state index contributed by atoms with van der Waals surface area (Å²) in [4.78, 5) is 13.6. The predicted molar refractivity (Wildman–Crippen MR) is 130 cm³/mol. The number of hydrogen-bond acceptors (Lipinski definition) is 2. The topological polar surface area (TPSA) is 40.5 Å². The first kappa shape index (κ1) is 22.0. The Morgan fingerprint density at radius 1 is 0.844 bits per heavy atom. The molecule has 1 heterocycles. The van der Waals surface area contributed by atoms with Crippen molar-refractivity contribution >= 4 is 5.97 Å². The molecular weight excluding hydrogens is 394 g/mol. The maximum atomic E-state index is 11.4. The zero-order valence-electron chi connectivity index (χ0n) is 18.4. The number of allylic oxidation sites excluding steroid dienone is 1. The van der Waals surface area contributed by atoms with E-state index in [-0.39, 0.29) is 11.3 Å². The number of nitrogens with zero attached hydrogens (tertiary/aromatic N) is 1. The number of carboxylic acids is 1. The number of carbonyl (C=O) groups is 1. The lowest BCUT2D eigenvalue weighted by atomic mass is 9.67. The van der Waals surface area contributed by atoms with Crippen molar-refractivity contribution < 1.29 is 9.90 Å². The third-order valence-electron chi connectivity index (χ3n) is 6.61. The van der Waals surface area contributed by atoms with E-state index in [2.05, 4.69) is 108 Å². The van der Waals surface area contributed by atoms with Crippen molar-refractivity contribution in [3.05, 3.63) is 120 Å². The molecule has 1 unspecified atom stereocenters. The van der Waals surface area contributed by atoms with Crippen LogP contribution >= 0.6 is 0 Å². The van der Waals surface area contributed by atoms with Gasteiger partial charge < -0.3 is 5.11 Å². The average molecular weight is 426 g/mol. The van der Waals surface area contributed by atoms with E-state index in [1.165, 1.54) is 16.7 Å². The highest BCUT2D eigenvalue weighted by molar-refractivity contribution is 5.70. The standard InChI is InChI=1S/C29H31NO2/c31-28(32)24-13-12-22-30(23-24)21-11-10-20-29(25-14-4-1-5-15-25,26-16-6-2-7-17-26)27-18-8-3-9-19-27/h1-11,14-19,24H,12-13,20-23H2,(H,31,32)/b11-10-. The maximum absolute atomic E-state index is 11.4. The molecule has 3 heteroatoms. The lowest BCUT2D eigenvalue weighted by Crippen LogP contribution is -2.38. The third-order valence-corrected chi connectivity index (χ3v) is 6.61. The quantitative estimate of drug-likeness (QED) is 0.368. The van der Waals surface area contributed by atoms with Crippen molar-refractivity contribution in [2.24, 2.45) is 5.92 Å². The van der Waals surface area contributed by atoms with Crippen molar-refractivity contribution in [1.29, 1.82) is 0 Å². The lowest BCUT2D eigenvalue weighted by molar-refractivity contribution is -0.143. The molecule has 3 aromatic carbocycles. The molecule has 4 rings (SSSR count). The van der Waals surface area contributed by atoms with Crippen molar-refractivity contribution in [1.82, 2.24) is 4.90 Å². The van der Waals surface area contributed by atoms with Crippen LogP contribution in [0.2, 0.25) is 0 Å². The summed E-state index contributed by atoms with van der Waals surface area (Å²) in [5.74, 6) is -0.913. The minimum absolute atomic E-state index is 0.241. The van der Waals surface area contributed by atoms with Gasteiger partial charge in [0.1, 0.15) is 0 Å². The summed E-state index contributed by atoms with van der Waals surface area (Å²) < 4.78 is 0. The Kier molecular flexibility index (Phi) is 7.18. The maximum Gasteiger partial charge on any atom is 0.307 e. The average Bonchev–Trinajstić information content (AvgIpc) is 2.86. The molecule has 1 aliphatic heterocycles. The molecule has 1 aliphatic rings. The van der Waals surface area contributed by atoms with E-state index in [4.69, 9.17) is 0 Å². The van der Waals surface area contributed by atoms with Crippen LogP contribution in [-0.4, -0.2) is 35.6 Å². The number of piperidine rings is 1. The van der Waals surface area contributed by atoms with Gasteiger partial charge in [-0.2, -0.15) is 0 Å². The summed E-state index contributed by atoms with van der Waals surface area (Å²) in [5.41, 5.74) is 3.52. The van der Waals surface area contributed by atoms with E-state index < -0.39 is 5.97 Å². The highest BCUT2D eigenvalue weighted by Crippen LogP contribution is 2.42. The second-order valence-corrected chi connectivity index (χ2v) is 8.62. The predicted octanol–water partition coefficient (Wildman–Crippen LogP) is 5.76. The summed E-state index contributed by atoms with van der Waals surface area (Å²) >= 11 is 0. The smallest absolute Gasteiger partial charge is 0.307 e. The molecule has 164 valence electrons. The largest absolute Gasteiger partial charge is 0.481 e. The summed E-state index contributed by atoms with van der Waals surface area (Å²) in [7, 11) is 0. The van der Waals surface area contributed by atoms with Gasteiger partial charge in [-0.25, -0.2) is 0 Å². The van der Waals surface area contributed by atoms with Crippen LogP contribution in [0, 0.1) is 5.92 Å². The Labute approximate surface area is 191 Å². The molecule has 0 amide bonds. The monoisotopic (exact) mass is 425 g/mol. The number of carboxylic acid groups (broad SMARTS) is 1. The van der Waals surface area contributed by atoms with E-state index >= 15 is 0 Å². The van der Waals surface area contributed by atoms with Gasteiger partial charge in [0.15, 0.2) is 0 Å². The van der Waals surface area contributed by atoms with Crippen LogP contribution in [0.5, 0.6) is 0 Å². The van der Waals surface area contributed by atoms with E-state index in [1.54, 1.807) is 0 Å². The van der Waals surface area contributed by atoms with E-state index in [0.29, 0.717) is 6.54 Å². The van der Waals surface area contributed by atoms with Crippen LogP contribution in [-0.2, 0) is 10.2 Å². The van der Waals surface area contributed by atoms with Gasteiger partial charge >= 0.3 is 5.97 Å². The molecule has 32 heavy (non-hydrogen) atoms. The van der Waals surface area contributed by atoms with Crippen molar-refractivity contribution in [3.63, 3.8) is 0 Å². The van der Waals surface area contributed by atoms with Crippen LogP contribution in [0.15, 0.2) is 103 Å². The van der Waals surface area contributed by atoms with Crippen LogP contribution < -0.4 is 0 Å². The minimum Gasteiger partial charge on any atom is -0.481 e. The minimum atomic E-state index is -0.671. The highest BCUT2D eigenvalue weighted by atomic mass is 16.4. The van der Waals surface area contributed by atoms with Crippen LogP contribution in [0.3, 0.4) is 0 Å². The normalized spacial score (nSPS) is 17.4. The molecule has 0 aromatic heterocycles. The SMILES string of the molecule is O=C(O)C1CCCN(C/C=C\CC(c2ccccc2)(c2ccccc2)c2ccccc2)C1. The third kappa shape index (κ3) is 4.84. The van der Waals surface area contributed by atoms with Crippen molar-refractivity contribution in [2.75, 3.05) is 19.6 Å². The van der Waals surface area contributed by atoms with Gasteiger partial charge in [0.25, 0.3) is 0 Å². The van der Waals surface area contributed by atoms with E-state index in [0.717, 1.165) is 32.4 Å². The second-order valence-electron chi connectivity index (χ2n) is 8.62. The first-order valence-corrected chi connectivity index (χ1v) is 11.5. The first-order valence-electron chi connectivity index (χ1n) is 11.5. The Hall–Kier alpha value is -3.17. The first-order chi connectivity index (χ1) is 15.7. The van der Waals surface area contributed by atoms with Gasteiger partial charge in [0.2, 0.25) is 0 Å². The Bertz CT molecular complexity index is 918. The number of likely N-dealkylation sites (tertiary alicyclic amines) is 1. The van der Waals surface area contributed by atoms with Gasteiger partial charge in [-0.3, -0.25) is 9.69 Å². The molecule has 0 bridgehead atoms. The molecule has 0 saturated carbocycles. The molecular formula is C29H31NO2. The highest BCUT2D eigenvalue weighted by Gasteiger charge is 2.35. The second kappa shape index (κ2) is 10.4. The molecule has 1 fully saturated rings. The van der Waals surface area contributed by atoms with Gasteiger partial charge in [0.05, 0.1) is 5.92 Å². The van der Waals surface area contributed by atoms with Crippen molar-refractivity contribution in [2.45, 2.75) is 24.7 Å². The Balaban J connectivity index is 1.64. The van der Waals surface area contributed by atoms with Crippen LogP contribution in [0.25, 0.3) is 0 Å². The zero-order chi connectivity index (χ0) is 22.2. The summed E-state index contributed by atoms with van der Waals surface area (Å²) in [6, 6.07) is 32.2. The molecule has 1 saturated heterocycles. The molecule has 1 N–H and O–H groups in total. The molecule has 3 aromatic rings. The Morgan fingerprint density at radius 2 is 1.34 bits per heavy atom. The van der Waals surface area contributed by atoms with E-state index in [1.807, 2.05) is 0 Å². The van der Waals surface area contributed by atoms with Gasteiger partial charge in [-0.15, -0.1) is 0 Å². The fourth-order valence-corrected chi connectivity index (χ4v) is 4.93. The van der Waals surface area contributed by atoms with E-state index in [9.17, 15) is 9.90 Å². The summed E-state index contributed by atoms with van der Waals surface area (Å²) in [5, 5.41) is 9.37. The van der Waals surface area contributed by atoms with Gasteiger partial charge in [-0.05, 0) is 42.5 Å².